The normalized spacial score (nSPS) is 11.7. The number of carbonyl (C=O) groups is 1. The minimum atomic E-state index is -3.36. The van der Waals surface area contributed by atoms with Gasteiger partial charge < -0.3 is 0 Å². The fraction of sp³-hybridized carbons (Fsp3) is 0.474. The van der Waals surface area contributed by atoms with Gasteiger partial charge in [-0.05, 0) is 62.8 Å². The summed E-state index contributed by atoms with van der Waals surface area (Å²) in [5.41, 5.74) is 4.57. The Morgan fingerprint density at radius 2 is 1.84 bits per heavy atom. The Bertz CT molecular complexity index is 896. The highest BCUT2D eigenvalue weighted by atomic mass is 32.2. The summed E-state index contributed by atoms with van der Waals surface area (Å²) in [7, 11) is -3.36. The van der Waals surface area contributed by atoms with Crippen molar-refractivity contribution >= 4 is 27.0 Å². The topological polar surface area (TPSA) is 64.1 Å². The summed E-state index contributed by atoms with van der Waals surface area (Å²) in [4.78, 5) is 16.3. The number of sulfone groups is 1. The van der Waals surface area contributed by atoms with Crippen molar-refractivity contribution in [2.45, 2.75) is 59.0 Å². The molecule has 0 aliphatic heterocycles. The molecule has 6 heteroatoms. The molecule has 0 fully saturated rings. The summed E-state index contributed by atoms with van der Waals surface area (Å²) in [5.74, 6) is -0.154. The monoisotopic (exact) mass is 379 g/mol. The van der Waals surface area contributed by atoms with E-state index < -0.39 is 9.84 Å². The number of nitrogens with zero attached hydrogens (tertiary/aromatic N) is 1. The van der Waals surface area contributed by atoms with E-state index in [2.05, 4.69) is 11.9 Å². The van der Waals surface area contributed by atoms with E-state index in [0.717, 1.165) is 40.1 Å². The highest BCUT2D eigenvalue weighted by Gasteiger charge is 2.21. The Morgan fingerprint density at radius 3 is 2.44 bits per heavy atom. The molecule has 0 saturated carbocycles. The molecule has 0 N–H and O–H groups in total. The van der Waals surface area contributed by atoms with E-state index >= 15 is 0 Å². The molecule has 0 aliphatic carbocycles. The maximum atomic E-state index is 12.7. The Hall–Kier alpha value is -1.53. The van der Waals surface area contributed by atoms with Gasteiger partial charge in [0, 0.05) is 10.9 Å². The lowest BCUT2D eigenvalue weighted by Crippen LogP contribution is -2.13. The molecule has 2 rings (SSSR count). The van der Waals surface area contributed by atoms with Crippen molar-refractivity contribution in [1.82, 2.24) is 4.98 Å². The molecule has 0 radical (unpaired) electrons. The van der Waals surface area contributed by atoms with E-state index in [1.807, 2.05) is 32.2 Å². The molecule has 0 amide bonds. The number of aromatic nitrogens is 1. The average molecular weight is 380 g/mol. The van der Waals surface area contributed by atoms with Crippen LogP contribution in [0.2, 0.25) is 0 Å². The minimum Gasteiger partial charge on any atom is -0.294 e. The third-order valence-corrected chi connectivity index (χ3v) is 6.70. The van der Waals surface area contributed by atoms with Crippen LogP contribution in [0.5, 0.6) is 0 Å². The molecule has 25 heavy (non-hydrogen) atoms. The molecule has 0 bridgehead atoms. The van der Waals surface area contributed by atoms with Gasteiger partial charge in [0.1, 0.15) is 0 Å². The zero-order valence-corrected chi connectivity index (χ0v) is 17.1. The van der Waals surface area contributed by atoms with Crippen LogP contribution in [-0.2, 0) is 27.8 Å². The maximum absolute atomic E-state index is 12.7. The quantitative estimate of drug-likeness (QED) is 0.671. The summed E-state index contributed by atoms with van der Waals surface area (Å²) in [5, 5.41) is 2.81. The number of hydrogen-bond donors (Lipinski definition) is 0. The van der Waals surface area contributed by atoms with E-state index in [0.29, 0.717) is 11.3 Å². The molecular weight excluding hydrogens is 354 g/mol. The standard InChI is InChI=1S/C19H25NO3S2/c1-6-7-18-20-16(9-24-18)10-25(22,23)11-17-12(2)8-13(3)19(14(17)4)15(5)21/h8-9H,6-7,10-11H2,1-5H3. The summed E-state index contributed by atoms with van der Waals surface area (Å²) in [6.45, 7) is 9.22. The zero-order valence-electron chi connectivity index (χ0n) is 15.5. The van der Waals surface area contributed by atoms with Gasteiger partial charge in [-0.1, -0.05) is 13.0 Å². The first-order chi connectivity index (χ1) is 11.6. The second-order valence-electron chi connectivity index (χ2n) is 6.56. The number of Topliss-reactive ketones (excluding diaryl/α,β-unsaturated/α-hetero) is 1. The summed E-state index contributed by atoms with van der Waals surface area (Å²) in [6, 6.07) is 1.90. The van der Waals surface area contributed by atoms with E-state index in [9.17, 15) is 13.2 Å². The van der Waals surface area contributed by atoms with Crippen LogP contribution in [0.1, 0.15) is 63.6 Å². The van der Waals surface area contributed by atoms with Gasteiger partial charge in [0.15, 0.2) is 15.6 Å². The van der Waals surface area contributed by atoms with Crippen LogP contribution < -0.4 is 0 Å². The van der Waals surface area contributed by atoms with Gasteiger partial charge >= 0.3 is 0 Å². The smallest absolute Gasteiger partial charge is 0.160 e. The average Bonchev–Trinajstić information content (AvgIpc) is 2.89. The molecule has 2 aromatic rings. The van der Waals surface area contributed by atoms with Crippen LogP contribution in [0.15, 0.2) is 11.4 Å². The van der Waals surface area contributed by atoms with Crippen molar-refractivity contribution < 1.29 is 13.2 Å². The number of benzene rings is 1. The molecule has 0 atom stereocenters. The molecule has 136 valence electrons. The van der Waals surface area contributed by atoms with Crippen LogP contribution in [0.3, 0.4) is 0 Å². The first-order valence-electron chi connectivity index (χ1n) is 8.39. The summed E-state index contributed by atoms with van der Waals surface area (Å²) >= 11 is 1.52. The lowest BCUT2D eigenvalue weighted by molar-refractivity contribution is 0.101. The number of aryl methyl sites for hydroxylation is 3. The lowest BCUT2D eigenvalue weighted by Gasteiger charge is -2.16. The molecule has 0 aliphatic rings. The van der Waals surface area contributed by atoms with Crippen molar-refractivity contribution in [3.8, 4) is 0 Å². The predicted molar refractivity (Wildman–Crippen MR) is 103 cm³/mol. The minimum absolute atomic E-state index is 0.0302. The second kappa shape index (κ2) is 7.79. The molecular formula is C19H25NO3S2. The van der Waals surface area contributed by atoms with Crippen molar-refractivity contribution in [3.63, 3.8) is 0 Å². The van der Waals surface area contributed by atoms with E-state index in [-0.39, 0.29) is 17.3 Å². The second-order valence-corrected chi connectivity index (χ2v) is 9.57. The van der Waals surface area contributed by atoms with Crippen LogP contribution in [-0.4, -0.2) is 19.2 Å². The number of carbonyl (C=O) groups excluding carboxylic acids is 1. The number of ketones is 1. The maximum Gasteiger partial charge on any atom is 0.160 e. The fourth-order valence-electron chi connectivity index (χ4n) is 3.23. The largest absolute Gasteiger partial charge is 0.294 e. The molecule has 1 aromatic heterocycles. The summed E-state index contributed by atoms with van der Waals surface area (Å²) in [6.07, 6.45) is 1.87. The van der Waals surface area contributed by atoms with Gasteiger partial charge in [0.2, 0.25) is 0 Å². The van der Waals surface area contributed by atoms with Gasteiger partial charge in [0.05, 0.1) is 22.2 Å². The third kappa shape index (κ3) is 4.76. The highest BCUT2D eigenvalue weighted by molar-refractivity contribution is 7.89. The van der Waals surface area contributed by atoms with Crippen molar-refractivity contribution in [3.05, 3.63) is 50.0 Å². The Balaban J connectivity index is 2.31. The molecule has 0 unspecified atom stereocenters. The van der Waals surface area contributed by atoms with E-state index in [1.165, 1.54) is 18.3 Å². The Morgan fingerprint density at radius 1 is 1.16 bits per heavy atom. The van der Waals surface area contributed by atoms with Crippen molar-refractivity contribution in [2.75, 3.05) is 0 Å². The van der Waals surface area contributed by atoms with Crippen LogP contribution in [0, 0.1) is 20.8 Å². The van der Waals surface area contributed by atoms with Crippen LogP contribution in [0.4, 0.5) is 0 Å². The number of rotatable bonds is 7. The van der Waals surface area contributed by atoms with Crippen LogP contribution >= 0.6 is 11.3 Å². The first-order valence-corrected chi connectivity index (χ1v) is 11.1. The Labute approximate surface area is 154 Å². The van der Waals surface area contributed by atoms with Gasteiger partial charge in [-0.3, -0.25) is 4.79 Å². The zero-order chi connectivity index (χ0) is 18.8. The van der Waals surface area contributed by atoms with Gasteiger partial charge in [-0.25, -0.2) is 13.4 Å². The van der Waals surface area contributed by atoms with E-state index in [1.54, 1.807) is 0 Å². The fourth-order valence-corrected chi connectivity index (χ4v) is 5.82. The predicted octanol–water partition coefficient (Wildman–Crippen LogP) is 4.34. The summed E-state index contributed by atoms with van der Waals surface area (Å²) < 4.78 is 25.4. The van der Waals surface area contributed by atoms with Crippen LogP contribution in [0.25, 0.3) is 0 Å². The molecule has 1 heterocycles. The third-order valence-electron chi connectivity index (χ3n) is 4.28. The van der Waals surface area contributed by atoms with Crippen molar-refractivity contribution in [1.29, 1.82) is 0 Å². The van der Waals surface area contributed by atoms with Crippen molar-refractivity contribution in [2.24, 2.45) is 0 Å². The SMILES string of the molecule is CCCc1nc(CS(=O)(=O)Cc2c(C)cc(C)c(C(C)=O)c2C)cs1. The van der Waals surface area contributed by atoms with Gasteiger partial charge in [-0.15, -0.1) is 11.3 Å². The molecule has 1 aromatic carbocycles. The van der Waals surface area contributed by atoms with E-state index in [4.69, 9.17) is 0 Å². The highest BCUT2D eigenvalue weighted by Crippen LogP contribution is 2.26. The number of hydrogen-bond acceptors (Lipinski definition) is 5. The lowest BCUT2D eigenvalue weighted by atomic mass is 9.92. The van der Waals surface area contributed by atoms with Gasteiger partial charge in [-0.2, -0.15) is 0 Å². The molecule has 0 saturated heterocycles. The Kier molecular flexibility index (Phi) is 6.16. The molecule has 4 nitrogen and oxygen atoms in total. The number of thiazole rings is 1. The molecule has 0 spiro atoms. The first kappa shape index (κ1) is 19.8. The van der Waals surface area contributed by atoms with Gasteiger partial charge in [0.25, 0.3) is 0 Å².